The molecule has 1 aromatic carbocycles. The van der Waals surface area contributed by atoms with Crippen molar-refractivity contribution in [3.8, 4) is 0 Å². The monoisotopic (exact) mass is 174 g/mol. The molecule has 0 spiro atoms. The second-order valence-corrected chi connectivity index (χ2v) is 3.00. The summed E-state index contributed by atoms with van der Waals surface area (Å²) in [5, 5.41) is 0. The van der Waals surface area contributed by atoms with E-state index in [1.807, 2.05) is 24.3 Å². The standard InChI is InChI=1S/C12H14O/c1-3-11-6-4-5-7-12(11)9-8-10(2)13/h4-9H,3H2,1-2H3/b9-8-. The smallest absolute Gasteiger partial charge is 0.152 e. The molecule has 0 bridgehead atoms. The molecule has 0 unspecified atom stereocenters. The summed E-state index contributed by atoms with van der Waals surface area (Å²) in [6.07, 6.45) is 4.48. The van der Waals surface area contributed by atoms with Crippen molar-refractivity contribution in [1.82, 2.24) is 0 Å². The zero-order valence-electron chi connectivity index (χ0n) is 8.08. The van der Waals surface area contributed by atoms with Gasteiger partial charge in [0.25, 0.3) is 0 Å². The second kappa shape index (κ2) is 4.61. The first-order chi connectivity index (χ1) is 6.24. The van der Waals surface area contributed by atoms with Crippen LogP contribution in [0.1, 0.15) is 25.0 Å². The van der Waals surface area contributed by atoms with Gasteiger partial charge in [0, 0.05) is 0 Å². The van der Waals surface area contributed by atoms with Crippen LogP contribution in [-0.4, -0.2) is 5.78 Å². The number of hydrogen-bond acceptors (Lipinski definition) is 1. The van der Waals surface area contributed by atoms with Crippen LogP contribution in [0.3, 0.4) is 0 Å². The third kappa shape index (κ3) is 2.86. The highest BCUT2D eigenvalue weighted by atomic mass is 16.1. The Labute approximate surface area is 79.1 Å². The fraction of sp³-hybridized carbons (Fsp3) is 0.250. The van der Waals surface area contributed by atoms with Gasteiger partial charge in [-0.1, -0.05) is 37.3 Å². The van der Waals surface area contributed by atoms with Gasteiger partial charge in [-0.05, 0) is 30.5 Å². The average molecular weight is 174 g/mol. The highest BCUT2D eigenvalue weighted by Gasteiger charge is 1.94. The van der Waals surface area contributed by atoms with E-state index in [2.05, 4.69) is 13.0 Å². The van der Waals surface area contributed by atoms with Crippen molar-refractivity contribution in [1.29, 1.82) is 0 Å². The van der Waals surface area contributed by atoms with E-state index < -0.39 is 0 Å². The minimum atomic E-state index is 0.0888. The van der Waals surface area contributed by atoms with Crippen molar-refractivity contribution in [3.05, 3.63) is 41.5 Å². The Balaban J connectivity index is 2.93. The van der Waals surface area contributed by atoms with Crippen LogP contribution in [0.5, 0.6) is 0 Å². The van der Waals surface area contributed by atoms with Crippen LogP contribution in [-0.2, 0) is 11.2 Å². The Bertz CT molecular complexity index is 324. The van der Waals surface area contributed by atoms with Crippen molar-refractivity contribution in [3.63, 3.8) is 0 Å². The molecule has 0 atom stereocenters. The van der Waals surface area contributed by atoms with Crippen LogP contribution in [0.4, 0.5) is 0 Å². The quantitative estimate of drug-likeness (QED) is 0.644. The lowest BCUT2D eigenvalue weighted by Crippen LogP contribution is -1.86. The topological polar surface area (TPSA) is 17.1 Å². The molecule has 0 heterocycles. The Morgan fingerprint density at radius 2 is 2.08 bits per heavy atom. The SMILES string of the molecule is CCc1ccccc1/C=C\C(C)=O. The van der Waals surface area contributed by atoms with Gasteiger partial charge >= 0.3 is 0 Å². The first-order valence-electron chi connectivity index (χ1n) is 4.50. The van der Waals surface area contributed by atoms with Crippen molar-refractivity contribution in [2.24, 2.45) is 0 Å². The van der Waals surface area contributed by atoms with Gasteiger partial charge in [-0.3, -0.25) is 4.79 Å². The summed E-state index contributed by atoms with van der Waals surface area (Å²) >= 11 is 0. The molecule has 1 aromatic rings. The molecule has 0 saturated heterocycles. The summed E-state index contributed by atoms with van der Waals surface area (Å²) in [4.78, 5) is 10.7. The van der Waals surface area contributed by atoms with Crippen LogP contribution in [0.25, 0.3) is 6.08 Å². The van der Waals surface area contributed by atoms with Crippen molar-refractivity contribution in [2.75, 3.05) is 0 Å². The minimum absolute atomic E-state index is 0.0888. The van der Waals surface area contributed by atoms with E-state index in [1.54, 1.807) is 13.0 Å². The molecule has 0 N–H and O–H groups in total. The predicted molar refractivity (Wildman–Crippen MR) is 55.5 cm³/mol. The summed E-state index contributed by atoms with van der Waals surface area (Å²) in [6.45, 7) is 3.67. The summed E-state index contributed by atoms with van der Waals surface area (Å²) in [5.74, 6) is 0.0888. The van der Waals surface area contributed by atoms with Crippen LogP contribution in [0.2, 0.25) is 0 Å². The minimum Gasteiger partial charge on any atom is -0.295 e. The van der Waals surface area contributed by atoms with Crippen LogP contribution < -0.4 is 0 Å². The number of carbonyl (C=O) groups is 1. The molecule has 0 amide bonds. The normalized spacial score (nSPS) is 10.6. The highest BCUT2D eigenvalue weighted by Crippen LogP contribution is 2.10. The summed E-state index contributed by atoms with van der Waals surface area (Å²) < 4.78 is 0. The van der Waals surface area contributed by atoms with E-state index in [0.29, 0.717) is 0 Å². The molecule has 0 aliphatic carbocycles. The Morgan fingerprint density at radius 1 is 1.38 bits per heavy atom. The number of aryl methyl sites for hydroxylation is 1. The zero-order chi connectivity index (χ0) is 9.68. The lowest BCUT2D eigenvalue weighted by atomic mass is 10.0. The molecule has 1 nitrogen and oxygen atoms in total. The molecular formula is C12H14O. The molecule has 1 heteroatoms. The van der Waals surface area contributed by atoms with E-state index in [9.17, 15) is 4.79 Å². The molecule has 0 fully saturated rings. The molecule has 13 heavy (non-hydrogen) atoms. The van der Waals surface area contributed by atoms with Gasteiger partial charge in [-0.2, -0.15) is 0 Å². The van der Waals surface area contributed by atoms with E-state index >= 15 is 0 Å². The molecule has 0 radical (unpaired) electrons. The van der Waals surface area contributed by atoms with Crippen LogP contribution in [0, 0.1) is 0 Å². The van der Waals surface area contributed by atoms with E-state index in [1.165, 1.54) is 5.56 Å². The lowest BCUT2D eigenvalue weighted by Gasteiger charge is -2.00. The van der Waals surface area contributed by atoms with Crippen LogP contribution >= 0.6 is 0 Å². The predicted octanol–water partition coefficient (Wildman–Crippen LogP) is 2.85. The number of hydrogen-bond donors (Lipinski definition) is 0. The Kier molecular flexibility index (Phi) is 3.44. The molecule has 1 rings (SSSR count). The largest absolute Gasteiger partial charge is 0.295 e. The van der Waals surface area contributed by atoms with Gasteiger partial charge in [0.2, 0.25) is 0 Å². The second-order valence-electron chi connectivity index (χ2n) is 3.00. The van der Waals surface area contributed by atoms with Crippen molar-refractivity contribution in [2.45, 2.75) is 20.3 Å². The third-order valence-corrected chi connectivity index (χ3v) is 1.93. The fourth-order valence-corrected chi connectivity index (χ4v) is 1.23. The summed E-state index contributed by atoms with van der Waals surface area (Å²) in [5.41, 5.74) is 2.42. The maximum atomic E-state index is 10.7. The van der Waals surface area contributed by atoms with Gasteiger partial charge in [-0.15, -0.1) is 0 Å². The third-order valence-electron chi connectivity index (χ3n) is 1.93. The van der Waals surface area contributed by atoms with Gasteiger partial charge in [-0.25, -0.2) is 0 Å². The zero-order valence-corrected chi connectivity index (χ0v) is 8.08. The fourth-order valence-electron chi connectivity index (χ4n) is 1.23. The molecule has 0 aliphatic rings. The molecule has 0 aromatic heterocycles. The Morgan fingerprint density at radius 3 is 2.69 bits per heavy atom. The number of benzene rings is 1. The number of ketones is 1. The lowest BCUT2D eigenvalue weighted by molar-refractivity contribution is -0.112. The number of allylic oxidation sites excluding steroid dienone is 1. The molecule has 68 valence electrons. The summed E-state index contributed by atoms with van der Waals surface area (Å²) in [6, 6.07) is 8.11. The first kappa shape index (κ1) is 9.72. The highest BCUT2D eigenvalue weighted by molar-refractivity contribution is 5.91. The van der Waals surface area contributed by atoms with Gasteiger partial charge in [0.1, 0.15) is 0 Å². The first-order valence-corrected chi connectivity index (χ1v) is 4.50. The van der Waals surface area contributed by atoms with Gasteiger partial charge < -0.3 is 0 Å². The molecule has 0 aliphatic heterocycles. The van der Waals surface area contributed by atoms with Crippen molar-refractivity contribution >= 4 is 11.9 Å². The van der Waals surface area contributed by atoms with E-state index in [-0.39, 0.29) is 5.78 Å². The molecule has 0 saturated carbocycles. The summed E-state index contributed by atoms with van der Waals surface area (Å²) in [7, 11) is 0. The van der Waals surface area contributed by atoms with Gasteiger partial charge in [0.05, 0.1) is 0 Å². The van der Waals surface area contributed by atoms with Crippen LogP contribution in [0.15, 0.2) is 30.3 Å². The number of carbonyl (C=O) groups excluding carboxylic acids is 1. The maximum absolute atomic E-state index is 10.7. The van der Waals surface area contributed by atoms with E-state index in [0.717, 1.165) is 12.0 Å². The maximum Gasteiger partial charge on any atom is 0.152 e. The van der Waals surface area contributed by atoms with Gasteiger partial charge in [0.15, 0.2) is 5.78 Å². The Hall–Kier alpha value is -1.37. The molecular weight excluding hydrogens is 160 g/mol. The number of rotatable bonds is 3. The average Bonchev–Trinajstić information content (AvgIpc) is 2.15. The van der Waals surface area contributed by atoms with E-state index in [4.69, 9.17) is 0 Å². The van der Waals surface area contributed by atoms with Crippen molar-refractivity contribution < 1.29 is 4.79 Å².